The van der Waals surface area contributed by atoms with Gasteiger partial charge in [-0.3, -0.25) is 14.7 Å². The van der Waals surface area contributed by atoms with Crippen molar-refractivity contribution in [1.82, 2.24) is 9.88 Å². The Balaban J connectivity index is 1.21. The molecule has 1 aromatic heterocycles. The Morgan fingerprint density at radius 3 is 2.61 bits per heavy atom. The molecule has 5 nitrogen and oxygen atoms in total. The van der Waals surface area contributed by atoms with E-state index in [9.17, 15) is 4.79 Å². The van der Waals surface area contributed by atoms with E-state index in [1.54, 1.807) is 6.21 Å². The first kappa shape index (κ1) is 17.1. The molecular formula is C23H22N4O. The molecule has 5 rings (SSSR count). The summed E-state index contributed by atoms with van der Waals surface area (Å²) in [6.07, 6.45) is 1.79. The predicted octanol–water partition coefficient (Wildman–Crippen LogP) is 3.43. The third kappa shape index (κ3) is 3.18. The topological polar surface area (TPSA) is 48.8 Å². The van der Waals surface area contributed by atoms with Crippen LogP contribution in [0.25, 0.3) is 10.9 Å². The highest BCUT2D eigenvalue weighted by molar-refractivity contribution is 6.05. The van der Waals surface area contributed by atoms with Crippen molar-refractivity contribution in [2.24, 2.45) is 4.99 Å². The van der Waals surface area contributed by atoms with Gasteiger partial charge < -0.3 is 4.90 Å². The number of carbonyl (C=O) groups excluding carboxylic acids is 1. The molecule has 0 spiro atoms. The number of aliphatic imine (C=N–C) groups is 1. The Hall–Kier alpha value is -3.05. The van der Waals surface area contributed by atoms with E-state index >= 15 is 0 Å². The molecule has 5 heteroatoms. The summed E-state index contributed by atoms with van der Waals surface area (Å²) in [5.41, 5.74) is 2.98. The highest BCUT2D eigenvalue weighted by Gasteiger charge is 2.28. The molecule has 28 heavy (non-hydrogen) atoms. The number of Topliss-reactive ketones (excluding diaryl/α,β-unsaturated/α-hetero) is 1. The maximum atomic E-state index is 12.8. The molecule has 2 aromatic carbocycles. The first-order chi connectivity index (χ1) is 13.8. The van der Waals surface area contributed by atoms with Crippen molar-refractivity contribution in [3.8, 4) is 0 Å². The van der Waals surface area contributed by atoms with E-state index in [0.29, 0.717) is 6.54 Å². The summed E-state index contributed by atoms with van der Waals surface area (Å²) < 4.78 is 0. The minimum atomic E-state index is -0.198. The van der Waals surface area contributed by atoms with Gasteiger partial charge in [0, 0.05) is 37.8 Å². The maximum Gasteiger partial charge on any atom is 0.159 e. The van der Waals surface area contributed by atoms with Crippen molar-refractivity contribution >= 4 is 34.4 Å². The molecule has 1 fully saturated rings. The number of para-hydroxylation sites is 2. The third-order valence-corrected chi connectivity index (χ3v) is 5.64. The first-order valence-corrected chi connectivity index (χ1v) is 9.77. The number of anilines is 1. The van der Waals surface area contributed by atoms with Crippen LogP contribution in [0.3, 0.4) is 0 Å². The summed E-state index contributed by atoms with van der Waals surface area (Å²) in [6.45, 7) is 3.98. The van der Waals surface area contributed by atoms with Crippen LogP contribution < -0.4 is 4.90 Å². The van der Waals surface area contributed by atoms with Crippen LogP contribution in [0.5, 0.6) is 0 Å². The molecule has 0 radical (unpaired) electrons. The summed E-state index contributed by atoms with van der Waals surface area (Å²) in [6, 6.07) is 20.3. The van der Waals surface area contributed by atoms with Crippen LogP contribution in [0, 0.1) is 0 Å². The molecule has 3 heterocycles. The van der Waals surface area contributed by atoms with Crippen molar-refractivity contribution in [2.75, 3.05) is 37.6 Å². The Morgan fingerprint density at radius 1 is 0.929 bits per heavy atom. The van der Waals surface area contributed by atoms with E-state index in [0.717, 1.165) is 54.2 Å². The minimum Gasteiger partial charge on any atom is -0.354 e. The first-order valence-electron chi connectivity index (χ1n) is 9.77. The van der Waals surface area contributed by atoms with Crippen LogP contribution in [-0.2, 0) is 4.79 Å². The summed E-state index contributed by atoms with van der Waals surface area (Å²) in [5.74, 6) is 1.05. The van der Waals surface area contributed by atoms with Crippen molar-refractivity contribution in [3.05, 3.63) is 66.2 Å². The monoisotopic (exact) mass is 370 g/mol. The zero-order valence-corrected chi connectivity index (χ0v) is 15.7. The number of hydrogen-bond acceptors (Lipinski definition) is 5. The van der Waals surface area contributed by atoms with Crippen LogP contribution in [-0.4, -0.2) is 54.6 Å². The molecule has 3 aromatic rings. The number of aromatic nitrogens is 1. The van der Waals surface area contributed by atoms with Gasteiger partial charge in [0.05, 0.1) is 23.7 Å². The largest absolute Gasteiger partial charge is 0.354 e. The van der Waals surface area contributed by atoms with Gasteiger partial charge in [0.1, 0.15) is 5.82 Å². The number of nitrogens with zero attached hydrogens (tertiary/aromatic N) is 4. The van der Waals surface area contributed by atoms with Gasteiger partial charge in [-0.05, 0) is 29.8 Å². The van der Waals surface area contributed by atoms with Crippen LogP contribution in [0.2, 0.25) is 0 Å². The molecule has 2 aliphatic heterocycles. The van der Waals surface area contributed by atoms with Gasteiger partial charge in [0.2, 0.25) is 0 Å². The van der Waals surface area contributed by atoms with Crippen molar-refractivity contribution in [3.63, 3.8) is 0 Å². The average molecular weight is 370 g/mol. The highest BCUT2D eigenvalue weighted by Crippen LogP contribution is 2.32. The van der Waals surface area contributed by atoms with Crippen molar-refractivity contribution in [1.29, 1.82) is 0 Å². The fourth-order valence-electron chi connectivity index (χ4n) is 4.05. The zero-order valence-electron chi connectivity index (χ0n) is 15.7. The van der Waals surface area contributed by atoms with Crippen molar-refractivity contribution < 1.29 is 4.79 Å². The summed E-state index contributed by atoms with van der Waals surface area (Å²) >= 11 is 0. The van der Waals surface area contributed by atoms with Gasteiger partial charge in [-0.15, -0.1) is 0 Å². The van der Waals surface area contributed by atoms with E-state index in [-0.39, 0.29) is 11.7 Å². The van der Waals surface area contributed by atoms with E-state index in [1.807, 2.05) is 36.4 Å². The summed E-state index contributed by atoms with van der Waals surface area (Å²) in [7, 11) is 0. The van der Waals surface area contributed by atoms with Crippen LogP contribution in [0.15, 0.2) is 65.7 Å². The molecule has 1 atom stereocenters. The standard InChI is InChI=1S/C23H22N4O/c28-22(19-15-24-21-8-4-2-6-18(19)21)16-26-11-13-27(14-12-26)23-10-9-17-5-1-3-7-20(17)25-23/h1-10,15,19H,11-14,16H2. The number of piperazine rings is 1. The van der Waals surface area contributed by atoms with E-state index < -0.39 is 0 Å². The minimum absolute atomic E-state index is 0.198. The van der Waals surface area contributed by atoms with Crippen LogP contribution in [0.1, 0.15) is 11.5 Å². The van der Waals surface area contributed by atoms with Crippen LogP contribution in [0.4, 0.5) is 11.5 Å². The number of hydrogen-bond donors (Lipinski definition) is 0. The lowest BCUT2D eigenvalue weighted by Gasteiger charge is -2.35. The van der Waals surface area contributed by atoms with Gasteiger partial charge in [-0.2, -0.15) is 0 Å². The molecule has 2 aliphatic rings. The van der Waals surface area contributed by atoms with Crippen LogP contribution >= 0.6 is 0 Å². The Labute approximate surface area is 164 Å². The lowest BCUT2D eigenvalue weighted by molar-refractivity contribution is -0.120. The maximum absolute atomic E-state index is 12.8. The molecule has 0 bridgehead atoms. The Kier molecular flexibility index (Phi) is 4.37. The average Bonchev–Trinajstić information content (AvgIpc) is 3.18. The molecule has 0 N–H and O–H groups in total. The molecule has 0 saturated carbocycles. The van der Waals surface area contributed by atoms with Gasteiger partial charge in [0.25, 0.3) is 0 Å². The number of pyridine rings is 1. The second-order valence-corrected chi connectivity index (χ2v) is 7.41. The van der Waals surface area contributed by atoms with Gasteiger partial charge in [-0.1, -0.05) is 36.4 Å². The van der Waals surface area contributed by atoms with Gasteiger partial charge in [0.15, 0.2) is 5.78 Å². The fourth-order valence-corrected chi connectivity index (χ4v) is 4.05. The lowest BCUT2D eigenvalue weighted by Crippen LogP contribution is -2.48. The highest BCUT2D eigenvalue weighted by atomic mass is 16.1. The number of ketones is 1. The molecule has 1 unspecified atom stereocenters. The summed E-state index contributed by atoms with van der Waals surface area (Å²) in [5, 5.41) is 1.16. The normalized spacial score (nSPS) is 19.1. The predicted molar refractivity (Wildman–Crippen MR) is 113 cm³/mol. The molecule has 1 saturated heterocycles. The number of carbonyl (C=O) groups is 1. The van der Waals surface area contributed by atoms with Crippen molar-refractivity contribution in [2.45, 2.75) is 5.92 Å². The molecule has 140 valence electrons. The van der Waals surface area contributed by atoms with E-state index in [4.69, 9.17) is 4.98 Å². The molecular weight excluding hydrogens is 348 g/mol. The second kappa shape index (κ2) is 7.17. The quantitative estimate of drug-likeness (QED) is 0.706. The Morgan fingerprint density at radius 2 is 1.71 bits per heavy atom. The lowest BCUT2D eigenvalue weighted by atomic mass is 9.96. The number of rotatable bonds is 4. The molecule has 0 amide bonds. The summed E-state index contributed by atoms with van der Waals surface area (Å²) in [4.78, 5) is 26.6. The molecule has 0 aliphatic carbocycles. The fraction of sp³-hybridized carbons (Fsp3) is 0.261. The second-order valence-electron chi connectivity index (χ2n) is 7.41. The van der Waals surface area contributed by atoms with E-state index in [1.165, 1.54) is 0 Å². The van der Waals surface area contributed by atoms with E-state index in [2.05, 4.69) is 39.1 Å². The SMILES string of the molecule is O=C(CN1CCN(c2ccc3ccccc3n2)CC1)C1C=Nc2ccccc21. The smallest absolute Gasteiger partial charge is 0.159 e. The zero-order chi connectivity index (χ0) is 18.9. The number of fused-ring (bicyclic) bond motifs is 2. The Bertz CT molecular complexity index is 1050. The third-order valence-electron chi connectivity index (χ3n) is 5.64. The van der Waals surface area contributed by atoms with Gasteiger partial charge in [-0.25, -0.2) is 4.98 Å². The number of benzene rings is 2. The van der Waals surface area contributed by atoms with Gasteiger partial charge >= 0.3 is 0 Å².